The first-order valence-corrected chi connectivity index (χ1v) is 5.30. The average molecular weight is 208 g/mol. The molecule has 0 aliphatic heterocycles. The van der Waals surface area contributed by atoms with Crippen LogP contribution in [0.1, 0.15) is 33.6 Å². The molecule has 1 N–H and O–H groups in total. The van der Waals surface area contributed by atoms with Gasteiger partial charge in [0.2, 0.25) is 0 Å². The molecule has 1 fully saturated rings. The molecule has 0 aromatic heterocycles. The highest BCUT2D eigenvalue weighted by molar-refractivity contribution is 6.04. The molecular formula is C12H16O3. The third kappa shape index (κ3) is 1.12. The Morgan fingerprint density at radius 3 is 2.60 bits per heavy atom. The molecule has 0 aromatic carbocycles. The second-order valence-corrected chi connectivity index (χ2v) is 5.41. The van der Waals surface area contributed by atoms with Crippen LogP contribution in [0.2, 0.25) is 0 Å². The Kier molecular flexibility index (Phi) is 1.88. The molecular weight excluding hydrogens is 192 g/mol. The minimum Gasteiger partial charge on any atom is -0.478 e. The first-order valence-electron chi connectivity index (χ1n) is 5.30. The molecule has 0 saturated heterocycles. The number of hydrogen-bond donors (Lipinski definition) is 1. The van der Waals surface area contributed by atoms with Crippen LogP contribution in [0.15, 0.2) is 11.6 Å². The van der Waals surface area contributed by atoms with E-state index in [2.05, 4.69) is 0 Å². The van der Waals surface area contributed by atoms with Gasteiger partial charge in [-0.25, -0.2) is 4.79 Å². The SMILES string of the molecule is CC1(C)C(=O)[C@@]2(C)CC[C@@H]1C=C2C(=O)O. The number of rotatable bonds is 1. The number of hydrogen-bond acceptors (Lipinski definition) is 2. The van der Waals surface area contributed by atoms with Gasteiger partial charge < -0.3 is 5.11 Å². The summed E-state index contributed by atoms with van der Waals surface area (Å²) < 4.78 is 0. The Morgan fingerprint density at radius 1 is 1.47 bits per heavy atom. The van der Waals surface area contributed by atoms with E-state index in [1.165, 1.54) is 0 Å². The highest BCUT2D eigenvalue weighted by atomic mass is 16.4. The summed E-state index contributed by atoms with van der Waals surface area (Å²) in [6, 6.07) is 0. The maximum absolute atomic E-state index is 12.2. The molecule has 3 aliphatic rings. The lowest BCUT2D eigenvalue weighted by Crippen LogP contribution is -2.53. The number of allylic oxidation sites excluding steroid dienone is 1. The number of Topliss-reactive ketones (excluding diaryl/α,β-unsaturated/α-hetero) is 1. The molecule has 3 rings (SSSR count). The molecule has 0 radical (unpaired) electrons. The minimum absolute atomic E-state index is 0.0890. The highest BCUT2D eigenvalue weighted by Crippen LogP contribution is 2.55. The fraction of sp³-hybridized carbons (Fsp3) is 0.667. The van der Waals surface area contributed by atoms with Crippen LogP contribution in [0.3, 0.4) is 0 Å². The number of aliphatic carboxylic acids is 1. The Hall–Kier alpha value is -1.12. The number of carbonyl (C=O) groups excluding carboxylic acids is 1. The lowest BCUT2D eigenvalue weighted by molar-refractivity contribution is -0.148. The fourth-order valence-electron chi connectivity index (χ4n) is 3.04. The quantitative estimate of drug-likeness (QED) is 0.717. The molecule has 0 spiro atoms. The Morgan fingerprint density at radius 2 is 2.07 bits per heavy atom. The van der Waals surface area contributed by atoms with E-state index in [-0.39, 0.29) is 11.7 Å². The lowest BCUT2D eigenvalue weighted by Gasteiger charge is -2.50. The van der Waals surface area contributed by atoms with E-state index in [9.17, 15) is 9.59 Å². The standard InChI is InChI=1S/C12H16O3/c1-11(2)7-4-5-12(3,10(11)15)8(6-7)9(13)14/h6-7H,4-5H2,1-3H3,(H,13,14)/t7-,12+/m1/s1. The van der Waals surface area contributed by atoms with E-state index < -0.39 is 16.8 Å². The smallest absolute Gasteiger partial charge is 0.332 e. The van der Waals surface area contributed by atoms with Gasteiger partial charge in [0.15, 0.2) is 0 Å². The summed E-state index contributed by atoms with van der Waals surface area (Å²) in [6.07, 6.45) is 3.40. The Labute approximate surface area is 89.2 Å². The zero-order valence-electron chi connectivity index (χ0n) is 9.33. The van der Waals surface area contributed by atoms with Crippen molar-refractivity contribution in [2.45, 2.75) is 33.6 Å². The van der Waals surface area contributed by atoms with Crippen molar-refractivity contribution in [2.24, 2.45) is 16.7 Å². The summed E-state index contributed by atoms with van der Waals surface area (Å²) in [6.45, 7) is 5.62. The second kappa shape index (κ2) is 2.71. The summed E-state index contributed by atoms with van der Waals surface area (Å²) in [7, 11) is 0. The average Bonchev–Trinajstić information content (AvgIpc) is 2.14. The van der Waals surface area contributed by atoms with Gasteiger partial charge >= 0.3 is 5.97 Å². The van der Waals surface area contributed by atoms with Gasteiger partial charge in [-0.3, -0.25) is 4.79 Å². The number of ketones is 1. The van der Waals surface area contributed by atoms with Crippen molar-refractivity contribution in [1.29, 1.82) is 0 Å². The number of carbonyl (C=O) groups is 2. The van der Waals surface area contributed by atoms with E-state index in [1.54, 1.807) is 13.0 Å². The van der Waals surface area contributed by atoms with Gasteiger partial charge in [-0.1, -0.05) is 19.9 Å². The Balaban J connectivity index is 2.58. The highest BCUT2D eigenvalue weighted by Gasteiger charge is 2.56. The predicted octanol–water partition coefficient (Wildman–Crippen LogP) is 2.02. The van der Waals surface area contributed by atoms with Crippen LogP contribution < -0.4 is 0 Å². The monoisotopic (exact) mass is 208 g/mol. The molecule has 3 nitrogen and oxygen atoms in total. The van der Waals surface area contributed by atoms with E-state index in [4.69, 9.17) is 5.11 Å². The van der Waals surface area contributed by atoms with Crippen molar-refractivity contribution in [2.75, 3.05) is 0 Å². The van der Waals surface area contributed by atoms with E-state index in [0.717, 1.165) is 6.42 Å². The van der Waals surface area contributed by atoms with E-state index in [0.29, 0.717) is 12.0 Å². The van der Waals surface area contributed by atoms with Crippen molar-refractivity contribution in [3.63, 3.8) is 0 Å². The zero-order valence-corrected chi connectivity index (χ0v) is 9.33. The van der Waals surface area contributed by atoms with Gasteiger partial charge in [0, 0.05) is 11.0 Å². The van der Waals surface area contributed by atoms with Crippen LogP contribution in [0.5, 0.6) is 0 Å². The van der Waals surface area contributed by atoms with Crippen molar-refractivity contribution < 1.29 is 14.7 Å². The summed E-state index contributed by atoms with van der Waals surface area (Å²) in [5.41, 5.74) is -0.848. The van der Waals surface area contributed by atoms with Gasteiger partial charge in [0.25, 0.3) is 0 Å². The molecule has 15 heavy (non-hydrogen) atoms. The molecule has 82 valence electrons. The van der Waals surface area contributed by atoms with Gasteiger partial charge in [0.1, 0.15) is 5.78 Å². The van der Waals surface area contributed by atoms with Crippen molar-refractivity contribution in [3.8, 4) is 0 Å². The zero-order chi connectivity index (χ0) is 11.4. The topological polar surface area (TPSA) is 54.4 Å². The molecule has 3 heteroatoms. The van der Waals surface area contributed by atoms with Crippen LogP contribution in [-0.4, -0.2) is 16.9 Å². The van der Waals surface area contributed by atoms with Crippen LogP contribution in [0.4, 0.5) is 0 Å². The van der Waals surface area contributed by atoms with Crippen LogP contribution in [-0.2, 0) is 9.59 Å². The molecule has 0 unspecified atom stereocenters. The van der Waals surface area contributed by atoms with Gasteiger partial charge in [0.05, 0.1) is 5.41 Å². The fourth-order valence-corrected chi connectivity index (χ4v) is 3.04. The molecule has 0 amide bonds. The first-order chi connectivity index (χ1) is 6.80. The van der Waals surface area contributed by atoms with Gasteiger partial charge in [-0.2, -0.15) is 0 Å². The summed E-state index contributed by atoms with van der Waals surface area (Å²) in [5, 5.41) is 9.09. The molecule has 0 heterocycles. The number of fused-ring (bicyclic) bond motifs is 2. The molecule has 3 aliphatic carbocycles. The maximum atomic E-state index is 12.2. The van der Waals surface area contributed by atoms with Crippen molar-refractivity contribution in [1.82, 2.24) is 0 Å². The third-order valence-corrected chi connectivity index (χ3v) is 4.16. The lowest BCUT2D eigenvalue weighted by atomic mass is 9.51. The summed E-state index contributed by atoms with van der Waals surface area (Å²) in [5.74, 6) is -0.755. The first kappa shape index (κ1) is 10.4. The molecule has 1 saturated carbocycles. The largest absolute Gasteiger partial charge is 0.478 e. The number of carboxylic acids is 1. The molecule has 0 aromatic rings. The van der Waals surface area contributed by atoms with Crippen LogP contribution >= 0.6 is 0 Å². The molecule has 2 atom stereocenters. The Bertz CT molecular complexity index is 378. The van der Waals surface area contributed by atoms with Crippen molar-refractivity contribution >= 4 is 11.8 Å². The number of carboxylic acid groups (broad SMARTS) is 1. The predicted molar refractivity (Wildman–Crippen MR) is 55.3 cm³/mol. The summed E-state index contributed by atoms with van der Waals surface area (Å²) >= 11 is 0. The third-order valence-electron chi connectivity index (χ3n) is 4.16. The summed E-state index contributed by atoms with van der Waals surface area (Å²) in [4.78, 5) is 23.3. The van der Waals surface area contributed by atoms with Gasteiger partial charge in [-0.15, -0.1) is 0 Å². The minimum atomic E-state index is -0.939. The van der Waals surface area contributed by atoms with E-state index >= 15 is 0 Å². The van der Waals surface area contributed by atoms with Crippen LogP contribution in [0, 0.1) is 16.7 Å². The molecule has 2 bridgehead atoms. The van der Waals surface area contributed by atoms with E-state index in [1.807, 2.05) is 13.8 Å². The van der Waals surface area contributed by atoms with Gasteiger partial charge in [-0.05, 0) is 25.7 Å². The maximum Gasteiger partial charge on any atom is 0.332 e. The van der Waals surface area contributed by atoms with Crippen LogP contribution in [0.25, 0.3) is 0 Å². The second-order valence-electron chi connectivity index (χ2n) is 5.41. The normalized spacial score (nSPS) is 37.7. The van der Waals surface area contributed by atoms with Crippen molar-refractivity contribution in [3.05, 3.63) is 11.6 Å².